The number of nitrogens with zero attached hydrogens (tertiary/aromatic N) is 1. The number of methoxy groups -OCH3 is 3. The number of benzene rings is 4. The highest BCUT2D eigenvalue weighted by Gasteiger charge is 2.23. The van der Waals surface area contributed by atoms with Crippen LogP contribution in [0.1, 0.15) is 26.4 Å². The molecule has 0 atom stereocenters. The maximum atomic E-state index is 13.4. The van der Waals surface area contributed by atoms with Gasteiger partial charge >= 0.3 is 5.97 Å². The Kier molecular flexibility index (Phi) is 8.54. The molecule has 0 saturated carbocycles. The molecule has 0 radical (unpaired) electrons. The third kappa shape index (κ3) is 5.84. The summed E-state index contributed by atoms with van der Waals surface area (Å²) in [7, 11) is 4.57. The van der Waals surface area contributed by atoms with Crippen LogP contribution in [0.5, 0.6) is 23.0 Å². The first-order valence-corrected chi connectivity index (χ1v) is 13.5. The number of hydrogen-bond acceptors (Lipinski definition) is 7. The number of hydrazone groups is 1. The molecule has 212 valence electrons. The summed E-state index contributed by atoms with van der Waals surface area (Å²) in [5, 5.41) is 4.97. The van der Waals surface area contributed by atoms with Crippen LogP contribution < -0.4 is 24.4 Å². The molecular formula is C32H26BrN3O6. The highest BCUT2D eigenvalue weighted by molar-refractivity contribution is 9.10. The van der Waals surface area contributed by atoms with Crippen LogP contribution in [0.25, 0.3) is 22.0 Å². The second-order valence-corrected chi connectivity index (χ2v) is 9.83. The molecule has 0 unspecified atom stereocenters. The van der Waals surface area contributed by atoms with E-state index in [0.717, 1.165) is 15.4 Å². The predicted molar refractivity (Wildman–Crippen MR) is 164 cm³/mol. The number of aromatic nitrogens is 1. The normalized spacial score (nSPS) is 11.0. The Balaban J connectivity index is 1.38. The fourth-order valence-electron chi connectivity index (χ4n) is 4.45. The minimum atomic E-state index is -0.559. The summed E-state index contributed by atoms with van der Waals surface area (Å²) in [5.74, 6) is 0.701. The second-order valence-electron chi connectivity index (χ2n) is 8.97. The van der Waals surface area contributed by atoms with Gasteiger partial charge in [-0.1, -0.05) is 52.3 Å². The van der Waals surface area contributed by atoms with Crippen molar-refractivity contribution in [3.8, 4) is 34.1 Å². The molecule has 0 fully saturated rings. The number of halogens is 1. The number of carbonyl (C=O) groups is 2. The maximum Gasteiger partial charge on any atom is 0.343 e. The van der Waals surface area contributed by atoms with E-state index in [2.05, 4.69) is 31.4 Å². The van der Waals surface area contributed by atoms with Crippen LogP contribution >= 0.6 is 15.9 Å². The zero-order valence-corrected chi connectivity index (χ0v) is 24.5. The zero-order chi connectivity index (χ0) is 29.6. The number of esters is 1. The summed E-state index contributed by atoms with van der Waals surface area (Å²) < 4.78 is 22.5. The maximum absolute atomic E-state index is 13.4. The Morgan fingerprint density at radius 1 is 0.833 bits per heavy atom. The van der Waals surface area contributed by atoms with Crippen molar-refractivity contribution < 1.29 is 28.5 Å². The van der Waals surface area contributed by atoms with Crippen molar-refractivity contribution in [1.82, 2.24) is 10.4 Å². The minimum absolute atomic E-state index is 0.233. The Labute approximate surface area is 250 Å². The van der Waals surface area contributed by atoms with Crippen molar-refractivity contribution in [3.05, 3.63) is 106 Å². The van der Waals surface area contributed by atoms with Crippen molar-refractivity contribution in [2.45, 2.75) is 0 Å². The molecule has 1 heterocycles. The van der Waals surface area contributed by atoms with E-state index in [0.29, 0.717) is 45.1 Å². The van der Waals surface area contributed by atoms with Crippen LogP contribution in [0.4, 0.5) is 0 Å². The topological polar surface area (TPSA) is 111 Å². The van der Waals surface area contributed by atoms with E-state index >= 15 is 0 Å². The monoisotopic (exact) mass is 627 g/mol. The van der Waals surface area contributed by atoms with E-state index in [-0.39, 0.29) is 5.75 Å². The summed E-state index contributed by atoms with van der Waals surface area (Å²) in [6.07, 6.45) is 1.47. The molecule has 5 aromatic rings. The molecule has 0 saturated heterocycles. The summed E-state index contributed by atoms with van der Waals surface area (Å²) in [6, 6.07) is 24.9. The molecule has 4 aromatic carbocycles. The molecule has 2 N–H and O–H groups in total. The quantitative estimate of drug-likeness (QED) is 0.0823. The van der Waals surface area contributed by atoms with Gasteiger partial charge in [0.2, 0.25) is 0 Å². The summed E-state index contributed by atoms with van der Waals surface area (Å²) in [5.41, 5.74) is 6.13. The lowest BCUT2D eigenvalue weighted by molar-refractivity contribution is 0.0729. The van der Waals surface area contributed by atoms with E-state index < -0.39 is 11.9 Å². The van der Waals surface area contributed by atoms with Gasteiger partial charge in [0.05, 0.1) is 38.6 Å². The third-order valence-corrected chi connectivity index (χ3v) is 7.11. The number of aromatic amines is 1. The number of hydrogen-bond donors (Lipinski definition) is 2. The number of rotatable bonds is 9. The molecule has 0 aliphatic heterocycles. The molecule has 0 aliphatic carbocycles. The lowest BCUT2D eigenvalue weighted by Gasteiger charge is -2.10. The highest BCUT2D eigenvalue weighted by Crippen LogP contribution is 2.40. The van der Waals surface area contributed by atoms with Gasteiger partial charge in [0, 0.05) is 15.4 Å². The molecule has 1 amide bonds. The van der Waals surface area contributed by atoms with E-state index in [4.69, 9.17) is 18.9 Å². The van der Waals surface area contributed by atoms with Crippen molar-refractivity contribution in [1.29, 1.82) is 0 Å². The van der Waals surface area contributed by atoms with Gasteiger partial charge in [-0.05, 0) is 59.7 Å². The fourth-order valence-corrected chi connectivity index (χ4v) is 4.98. The van der Waals surface area contributed by atoms with Gasteiger partial charge in [-0.2, -0.15) is 5.10 Å². The standard InChI is InChI=1S/C32H26BrN3O6/c1-39-22-11-7-10-21(17-22)32(38)42-24-14-12-19(16-26(24)41-3)18-34-36-31(37)30-27(20-8-5-4-6-9-20)28-23(33)13-15-25(40-2)29(28)35-30/h4-18,35H,1-3H3,(H,36,37). The second kappa shape index (κ2) is 12.6. The molecule has 42 heavy (non-hydrogen) atoms. The van der Waals surface area contributed by atoms with Gasteiger partial charge in [-0.3, -0.25) is 4.79 Å². The van der Waals surface area contributed by atoms with Gasteiger partial charge in [0.25, 0.3) is 5.91 Å². The zero-order valence-electron chi connectivity index (χ0n) is 22.9. The van der Waals surface area contributed by atoms with Crippen LogP contribution in [0.2, 0.25) is 0 Å². The van der Waals surface area contributed by atoms with Crippen molar-refractivity contribution in [2.24, 2.45) is 5.10 Å². The fraction of sp³-hybridized carbons (Fsp3) is 0.0938. The average molecular weight is 628 g/mol. The molecule has 0 bridgehead atoms. The van der Waals surface area contributed by atoms with Gasteiger partial charge in [0.1, 0.15) is 17.2 Å². The van der Waals surface area contributed by atoms with Crippen LogP contribution in [0.15, 0.2) is 94.5 Å². The number of ether oxygens (including phenoxy) is 4. The first kappa shape index (κ1) is 28.4. The molecule has 5 rings (SSSR count). The van der Waals surface area contributed by atoms with Gasteiger partial charge in [-0.15, -0.1) is 0 Å². The van der Waals surface area contributed by atoms with Gasteiger partial charge in [0.15, 0.2) is 11.5 Å². The minimum Gasteiger partial charge on any atom is -0.497 e. The Bertz CT molecular complexity index is 1800. The Morgan fingerprint density at radius 2 is 1.60 bits per heavy atom. The average Bonchev–Trinajstić information content (AvgIpc) is 3.44. The summed E-state index contributed by atoms with van der Waals surface area (Å²) >= 11 is 3.62. The lowest BCUT2D eigenvalue weighted by Crippen LogP contribution is -2.19. The van der Waals surface area contributed by atoms with Crippen molar-refractivity contribution in [3.63, 3.8) is 0 Å². The Morgan fingerprint density at radius 3 is 2.33 bits per heavy atom. The molecule has 1 aromatic heterocycles. The number of carbonyl (C=O) groups excluding carboxylic acids is 2. The molecule has 9 nitrogen and oxygen atoms in total. The predicted octanol–water partition coefficient (Wildman–Crippen LogP) is 6.61. The van der Waals surface area contributed by atoms with Crippen LogP contribution in [-0.2, 0) is 0 Å². The van der Waals surface area contributed by atoms with E-state index in [1.165, 1.54) is 20.4 Å². The summed E-state index contributed by atoms with van der Waals surface area (Å²) in [6.45, 7) is 0. The van der Waals surface area contributed by atoms with Gasteiger partial charge < -0.3 is 23.9 Å². The van der Waals surface area contributed by atoms with Crippen LogP contribution in [-0.4, -0.2) is 44.4 Å². The highest BCUT2D eigenvalue weighted by atomic mass is 79.9. The molecular weight excluding hydrogens is 602 g/mol. The SMILES string of the molecule is COc1cccc(C(=O)Oc2ccc(C=NNC(=O)c3[nH]c4c(OC)ccc(Br)c4c3-c3ccccc3)cc2OC)c1. The first-order valence-electron chi connectivity index (χ1n) is 12.7. The van der Waals surface area contributed by atoms with Crippen molar-refractivity contribution in [2.75, 3.05) is 21.3 Å². The number of H-pyrrole nitrogens is 1. The van der Waals surface area contributed by atoms with E-state index in [9.17, 15) is 9.59 Å². The third-order valence-electron chi connectivity index (χ3n) is 6.45. The smallest absolute Gasteiger partial charge is 0.343 e. The van der Waals surface area contributed by atoms with E-state index in [1.807, 2.05) is 42.5 Å². The van der Waals surface area contributed by atoms with E-state index in [1.54, 1.807) is 49.6 Å². The van der Waals surface area contributed by atoms with Crippen molar-refractivity contribution >= 4 is 44.9 Å². The summed E-state index contributed by atoms with van der Waals surface area (Å²) in [4.78, 5) is 29.3. The van der Waals surface area contributed by atoms with Crippen LogP contribution in [0.3, 0.4) is 0 Å². The van der Waals surface area contributed by atoms with Crippen LogP contribution in [0, 0.1) is 0 Å². The number of nitrogens with one attached hydrogen (secondary N) is 2. The first-order chi connectivity index (χ1) is 20.4. The van der Waals surface area contributed by atoms with Gasteiger partial charge in [-0.25, -0.2) is 10.2 Å². The molecule has 0 spiro atoms. The largest absolute Gasteiger partial charge is 0.497 e. The number of amides is 1. The Hall–Kier alpha value is -5.09. The molecule has 10 heteroatoms. The number of fused-ring (bicyclic) bond motifs is 1. The lowest BCUT2D eigenvalue weighted by atomic mass is 10.0. The molecule has 0 aliphatic rings.